The van der Waals surface area contributed by atoms with E-state index in [0.29, 0.717) is 10.00 Å². The Labute approximate surface area is 65.9 Å². The van der Waals surface area contributed by atoms with Crippen LogP contribution in [0.15, 0.2) is 0 Å². The molecule has 0 saturated carbocycles. The summed E-state index contributed by atoms with van der Waals surface area (Å²) in [5.41, 5.74) is 0.336. The van der Waals surface area contributed by atoms with Crippen molar-refractivity contribution in [3.63, 3.8) is 0 Å². The molecule has 9 heavy (non-hydrogen) atoms. The smallest absolute Gasteiger partial charge is 0.0567 e. The SMILES string of the molecule is CSC(S)C1(C)COC1. The molecule has 54 valence electrons. The van der Waals surface area contributed by atoms with Crippen molar-refractivity contribution in [3.8, 4) is 0 Å². The second-order valence-electron chi connectivity index (χ2n) is 2.73. The van der Waals surface area contributed by atoms with E-state index in [-0.39, 0.29) is 0 Å². The molecule has 0 aromatic carbocycles. The number of hydrogen-bond donors (Lipinski definition) is 1. The Kier molecular flexibility index (Phi) is 2.35. The van der Waals surface area contributed by atoms with Crippen LogP contribution in [-0.4, -0.2) is 24.1 Å². The number of rotatable bonds is 2. The van der Waals surface area contributed by atoms with Gasteiger partial charge in [-0.25, -0.2) is 0 Å². The molecular formula is C6H12OS2. The molecule has 0 amide bonds. The van der Waals surface area contributed by atoms with Gasteiger partial charge in [-0.3, -0.25) is 0 Å². The number of thioether (sulfide) groups is 1. The van der Waals surface area contributed by atoms with E-state index in [9.17, 15) is 0 Å². The van der Waals surface area contributed by atoms with Crippen LogP contribution in [0, 0.1) is 5.41 Å². The highest BCUT2D eigenvalue weighted by molar-refractivity contribution is 8.09. The second-order valence-corrected chi connectivity index (χ2v) is 4.54. The van der Waals surface area contributed by atoms with E-state index < -0.39 is 0 Å². The predicted molar refractivity (Wildman–Crippen MR) is 45.2 cm³/mol. The van der Waals surface area contributed by atoms with E-state index in [1.807, 2.05) is 0 Å². The van der Waals surface area contributed by atoms with Crippen LogP contribution in [0.5, 0.6) is 0 Å². The van der Waals surface area contributed by atoms with Crippen LogP contribution >= 0.6 is 24.4 Å². The summed E-state index contributed by atoms with van der Waals surface area (Å²) in [6.07, 6.45) is 2.08. The van der Waals surface area contributed by atoms with Gasteiger partial charge >= 0.3 is 0 Å². The van der Waals surface area contributed by atoms with Crippen LogP contribution in [0.4, 0.5) is 0 Å². The molecule has 1 fully saturated rings. The monoisotopic (exact) mass is 164 g/mol. The maximum atomic E-state index is 5.10. The third kappa shape index (κ3) is 1.38. The zero-order valence-corrected chi connectivity index (χ0v) is 7.47. The van der Waals surface area contributed by atoms with Crippen LogP contribution in [0.1, 0.15) is 6.92 Å². The Hall–Kier alpha value is 0.660. The van der Waals surface area contributed by atoms with Gasteiger partial charge in [0.2, 0.25) is 0 Å². The van der Waals surface area contributed by atoms with Gasteiger partial charge in [-0.1, -0.05) is 6.92 Å². The van der Waals surface area contributed by atoms with Crippen LogP contribution in [-0.2, 0) is 4.74 Å². The first-order valence-corrected chi connectivity index (χ1v) is 4.78. The first-order chi connectivity index (χ1) is 4.19. The standard InChI is InChI=1S/C6H12OS2/c1-6(3-7-4-6)5(8)9-2/h5,8H,3-4H2,1-2H3. The lowest BCUT2D eigenvalue weighted by molar-refractivity contribution is -0.0904. The van der Waals surface area contributed by atoms with Crippen molar-refractivity contribution in [1.82, 2.24) is 0 Å². The van der Waals surface area contributed by atoms with Crippen LogP contribution in [0.3, 0.4) is 0 Å². The molecule has 0 radical (unpaired) electrons. The van der Waals surface area contributed by atoms with Gasteiger partial charge < -0.3 is 4.74 Å². The third-order valence-corrected chi connectivity index (χ3v) is 3.95. The molecule has 0 bridgehead atoms. The lowest BCUT2D eigenvalue weighted by Crippen LogP contribution is -2.45. The lowest BCUT2D eigenvalue weighted by Gasteiger charge is -2.41. The van der Waals surface area contributed by atoms with Crippen molar-refractivity contribution in [2.24, 2.45) is 5.41 Å². The molecule has 0 N–H and O–H groups in total. The minimum absolute atomic E-state index is 0.336. The van der Waals surface area contributed by atoms with E-state index in [1.54, 1.807) is 11.8 Å². The van der Waals surface area contributed by atoms with Crippen molar-refractivity contribution in [2.75, 3.05) is 19.5 Å². The molecule has 1 atom stereocenters. The van der Waals surface area contributed by atoms with Crippen LogP contribution < -0.4 is 0 Å². The van der Waals surface area contributed by atoms with Gasteiger partial charge in [0.05, 0.1) is 17.8 Å². The highest BCUT2D eigenvalue weighted by Gasteiger charge is 2.38. The minimum atomic E-state index is 0.336. The van der Waals surface area contributed by atoms with Crippen molar-refractivity contribution in [3.05, 3.63) is 0 Å². The molecule has 0 aromatic heterocycles. The zero-order valence-electron chi connectivity index (χ0n) is 5.76. The molecule has 1 rings (SSSR count). The summed E-state index contributed by atoms with van der Waals surface area (Å²) in [4.78, 5) is 0. The summed E-state index contributed by atoms with van der Waals surface area (Å²) in [7, 11) is 0. The van der Waals surface area contributed by atoms with Gasteiger partial charge in [0, 0.05) is 5.41 Å². The summed E-state index contributed by atoms with van der Waals surface area (Å²) in [6, 6.07) is 0. The van der Waals surface area contributed by atoms with Crippen molar-refractivity contribution >= 4 is 24.4 Å². The van der Waals surface area contributed by atoms with Gasteiger partial charge in [-0.2, -0.15) is 24.4 Å². The van der Waals surface area contributed by atoms with Gasteiger partial charge in [0.25, 0.3) is 0 Å². The molecule has 1 aliphatic heterocycles. The maximum absolute atomic E-state index is 5.10. The first-order valence-electron chi connectivity index (χ1n) is 2.98. The van der Waals surface area contributed by atoms with Gasteiger partial charge in [0.1, 0.15) is 0 Å². The molecule has 1 aliphatic rings. The third-order valence-electron chi connectivity index (χ3n) is 1.68. The Morgan fingerprint density at radius 1 is 1.67 bits per heavy atom. The Morgan fingerprint density at radius 2 is 2.22 bits per heavy atom. The van der Waals surface area contributed by atoms with E-state index in [0.717, 1.165) is 13.2 Å². The average molecular weight is 164 g/mol. The van der Waals surface area contributed by atoms with Crippen molar-refractivity contribution < 1.29 is 4.74 Å². The first kappa shape index (κ1) is 7.76. The normalized spacial score (nSPS) is 27.0. The van der Waals surface area contributed by atoms with E-state index >= 15 is 0 Å². The summed E-state index contributed by atoms with van der Waals surface area (Å²) < 4.78 is 5.53. The van der Waals surface area contributed by atoms with Crippen LogP contribution in [0.25, 0.3) is 0 Å². The van der Waals surface area contributed by atoms with E-state index in [4.69, 9.17) is 4.74 Å². The number of ether oxygens (including phenoxy) is 1. The Bertz CT molecular complexity index is 101. The molecule has 1 nitrogen and oxygen atoms in total. The fraction of sp³-hybridized carbons (Fsp3) is 1.00. The van der Waals surface area contributed by atoms with Gasteiger partial charge in [-0.15, -0.1) is 0 Å². The summed E-state index contributed by atoms with van der Waals surface area (Å²) >= 11 is 6.22. The van der Waals surface area contributed by atoms with Crippen molar-refractivity contribution in [1.29, 1.82) is 0 Å². The lowest BCUT2D eigenvalue weighted by atomic mass is 9.91. The second kappa shape index (κ2) is 2.72. The van der Waals surface area contributed by atoms with Crippen molar-refractivity contribution in [2.45, 2.75) is 11.5 Å². The van der Waals surface area contributed by atoms with E-state index in [1.165, 1.54) is 0 Å². The molecule has 1 heterocycles. The zero-order chi connectivity index (χ0) is 6.91. The fourth-order valence-corrected chi connectivity index (χ4v) is 1.71. The van der Waals surface area contributed by atoms with E-state index in [2.05, 4.69) is 25.8 Å². The highest BCUT2D eigenvalue weighted by atomic mass is 32.2. The highest BCUT2D eigenvalue weighted by Crippen LogP contribution is 2.38. The fourth-order valence-electron chi connectivity index (χ4n) is 0.851. The summed E-state index contributed by atoms with van der Waals surface area (Å²) in [6.45, 7) is 3.97. The van der Waals surface area contributed by atoms with Gasteiger partial charge in [-0.05, 0) is 6.26 Å². The summed E-state index contributed by atoms with van der Waals surface area (Å²) in [5.74, 6) is 0. The Morgan fingerprint density at radius 3 is 2.33 bits per heavy atom. The van der Waals surface area contributed by atoms with Gasteiger partial charge in [0.15, 0.2) is 0 Å². The molecule has 3 heteroatoms. The average Bonchev–Trinajstić information content (AvgIpc) is 1.81. The predicted octanol–water partition coefficient (Wildman–Crippen LogP) is 1.64. The minimum Gasteiger partial charge on any atom is -0.380 e. The van der Waals surface area contributed by atoms with Crippen LogP contribution in [0.2, 0.25) is 0 Å². The largest absolute Gasteiger partial charge is 0.380 e. The number of thiol groups is 1. The maximum Gasteiger partial charge on any atom is 0.0567 e. The topological polar surface area (TPSA) is 9.23 Å². The molecular weight excluding hydrogens is 152 g/mol. The molecule has 1 unspecified atom stereocenters. The quantitative estimate of drug-likeness (QED) is 0.491. The Balaban J connectivity index is 2.38. The molecule has 0 spiro atoms. The summed E-state index contributed by atoms with van der Waals surface area (Å²) in [5, 5.41) is 0. The molecule has 0 aliphatic carbocycles. The molecule has 0 aromatic rings. The molecule has 1 saturated heterocycles. The number of hydrogen-bond acceptors (Lipinski definition) is 3.